The maximum absolute atomic E-state index is 13.0. The molecule has 5 heteroatoms. The summed E-state index contributed by atoms with van der Waals surface area (Å²) in [5.74, 6) is -1.52. The number of carboxylic acids is 1. The molecule has 4 nitrogen and oxygen atoms in total. The van der Waals surface area contributed by atoms with Crippen LogP contribution >= 0.6 is 0 Å². The molecule has 0 radical (unpaired) electrons. The van der Waals surface area contributed by atoms with Gasteiger partial charge in [-0.2, -0.15) is 0 Å². The van der Waals surface area contributed by atoms with E-state index in [0.717, 1.165) is 22.8 Å². The number of hydrogen-bond acceptors (Lipinski definition) is 2. The highest BCUT2D eigenvalue weighted by Gasteiger charge is 2.46. The van der Waals surface area contributed by atoms with Gasteiger partial charge in [-0.1, -0.05) is 18.2 Å². The summed E-state index contributed by atoms with van der Waals surface area (Å²) < 4.78 is 13.0. The molecule has 1 aromatic carbocycles. The van der Waals surface area contributed by atoms with Crippen LogP contribution in [0, 0.1) is 5.92 Å². The van der Waals surface area contributed by atoms with E-state index >= 15 is 0 Å². The second-order valence-electron chi connectivity index (χ2n) is 5.52. The first-order valence-electron chi connectivity index (χ1n) is 7.01. The molecule has 1 aliphatic heterocycles. The second-order valence-corrected chi connectivity index (χ2v) is 5.52. The van der Waals surface area contributed by atoms with Gasteiger partial charge in [0.1, 0.15) is 6.17 Å². The van der Waals surface area contributed by atoms with Crippen molar-refractivity contribution in [1.82, 2.24) is 4.90 Å². The maximum Gasteiger partial charge on any atom is 0.328 e. The lowest BCUT2D eigenvalue weighted by atomic mass is 9.94. The molecule has 1 saturated carbocycles. The minimum Gasteiger partial charge on any atom is -0.478 e. The number of amides is 1. The van der Waals surface area contributed by atoms with Gasteiger partial charge in [0.05, 0.1) is 5.92 Å². The summed E-state index contributed by atoms with van der Waals surface area (Å²) in [7, 11) is 0. The molecule has 1 aromatic rings. The van der Waals surface area contributed by atoms with Crippen LogP contribution < -0.4 is 0 Å². The van der Waals surface area contributed by atoms with Crippen molar-refractivity contribution in [3.63, 3.8) is 0 Å². The van der Waals surface area contributed by atoms with Crippen LogP contribution in [0.4, 0.5) is 4.39 Å². The third-order valence-electron chi connectivity index (χ3n) is 4.05. The van der Waals surface area contributed by atoms with E-state index in [2.05, 4.69) is 0 Å². The molecule has 2 aliphatic rings. The van der Waals surface area contributed by atoms with Crippen molar-refractivity contribution < 1.29 is 19.1 Å². The monoisotopic (exact) mass is 289 g/mol. The van der Waals surface area contributed by atoms with Gasteiger partial charge in [-0.15, -0.1) is 0 Å². The van der Waals surface area contributed by atoms with E-state index in [1.807, 2.05) is 18.2 Å². The Kier molecular flexibility index (Phi) is 3.49. The molecular formula is C16H16FNO3. The number of aliphatic carboxylic acids is 1. The molecule has 1 heterocycles. The Bertz CT molecular complexity index is 626. The number of rotatable bonds is 3. The van der Waals surface area contributed by atoms with Crippen LogP contribution in [-0.2, 0) is 22.6 Å². The molecule has 0 spiro atoms. The fraction of sp³-hybridized carbons (Fsp3) is 0.375. The van der Waals surface area contributed by atoms with Crippen molar-refractivity contribution in [1.29, 1.82) is 0 Å². The Morgan fingerprint density at radius 1 is 1.38 bits per heavy atom. The number of nitrogens with zero attached hydrogens (tertiary/aromatic N) is 1. The van der Waals surface area contributed by atoms with Gasteiger partial charge in [0.25, 0.3) is 0 Å². The zero-order valence-electron chi connectivity index (χ0n) is 11.5. The van der Waals surface area contributed by atoms with Crippen molar-refractivity contribution in [3.05, 3.63) is 41.0 Å². The molecule has 21 heavy (non-hydrogen) atoms. The summed E-state index contributed by atoms with van der Waals surface area (Å²) in [6, 6.07) is 5.66. The second kappa shape index (κ2) is 5.31. The van der Waals surface area contributed by atoms with E-state index in [1.54, 1.807) is 11.0 Å². The molecule has 2 atom stereocenters. The fourth-order valence-electron chi connectivity index (χ4n) is 2.80. The van der Waals surface area contributed by atoms with Crippen LogP contribution in [0.15, 0.2) is 24.3 Å². The highest BCUT2D eigenvalue weighted by molar-refractivity contribution is 5.86. The third kappa shape index (κ3) is 2.82. The number of fused-ring (bicyclic) bond motifs is 1. The lowest BCUT2D eigenvalue weighted by Gasteiger charge is -2.30. The van der Waals surface area contributed by atoms with E-state index in [9.17, 15) is 14.0 Å². The van der Waals surface area contributed by atoms with Gasteiger partial charge in [-0.3, -0.25) is 4.79 Å². The quantitative estimate of drug-likeness (QED) is 0.866. The summed E-state index contributed by atoms with van der Waals surface area (Å²) >= 11 is 0. The third-order valence-corrected chi connectivity index (χ3v) is 4.05. The van der Waals surface area contributed by atoms with Crippen LogP contribution in [0.25, 0.3) is 6.08 Å². The van der Waals surface area contributed by atoms with Crippen LogP contribution in [0.3, 0.4) is 0 Å². The molecule has 110 valence electrons. The zero-order chi connectivity index (χ0) is 15.0. The van der Waals surface area contributed by atoms with E-state index in [4.69, 9.17) is 5.11 Å². The summed E-state index contributed by atoms with van der Waals surface area (Å²) in [6.07, 6.45) is 2.75. The number of carboxylic acid groups (broad SMARTS) is 1. The normalized spacial score (nSPS) is 24.0. The smallest absolute Gasteiger partial charge is 0.328 e. The molecule has 0 aromatic heterocycles. The summed E-state index contributed by atoms with van der Waals surface area (Å²) in [6.45, 7) is 1.04. The predicted molar refractivity (Wildman–Crippen MR) is 75.2 cm³/mol. The summed E-state index contributed by atoms with van der Waals surface area (Å²) in [5.41, 5.74) is 2.96. The topological polar surface area (TPSA) is 57.6 Å². The number of halogens is 1. The SMILES string of the molecule is O=C(O)/C=C/c1cccc2c1CCN(C(=O)[C@@H]1C[C@@H]1F)C2. The van der Waals surface area contributed by atoms with Crippen molar-refractivity contribution in [3.8, 4) is 0 Å². The Balaban J connectivity index is 1.79. The van der Waals surface area contributed by atoms with Crippen LogP contribution in [0.2, 0.25) is 0 Å². The van der Waals surface area contributed by atoms with Crippen molar-refractivity contribution in [2.75, 3.05) is 6.54 Å². The molecule has 1 aliphatic carbocycles. The summed E-state index contributed by atoms with van der Waals surface area (Å²) in [5, 5.41) is 8.71. The predicted octanol–water partition coefficient (Wildman–Crippen LogP) is 2.03. The van der Waals surface area contributed by atoms with Gasteiger partial charge in [0, 0.05) is 19.2 Å². The van der Waals surface area contributed by atoms with Gasteiger partial charge in [0.15, 0.2) is 0 Å². The molecule has 1 amide bonds. The van der Waals surface area contributed by atoms with Crippen molar-refractivity contribution in [2.24, 2.45) is 5.92 Å². The molecule has 1 N–H and O–H groups in total. The zero-order valence-corrected chi connectivity index (χ0v) is 11.5. The average molecular weight is 289 g/mol. The van der Waals surface area contributed by atoms with Gasteiger partial charge in [0.2, 0.25) is 5.91 Å². The number of hydrogen-bond donors (Lipinski definition) is 1. The van der Waals surface area contributed by atoms with Crippen LogP contribution in [0.5, 0.6) is 0 Å². The van der Waals surface area contributed by atoms with Crippen molar-refractivity contribution in [2.45, 2.75) is 25.6 Å². The van der Waals surface area contributed by atoms with E-state index in [1.165, 1.54) is 0 Å². The number of alkyl halides is 1. The Morgan fingerprint density at radius 2 is 2.14 bits per heavy atom. The fourth-order valence-corrected chi connectivity index (χ4v) is 2.80. The first kappa shape index (κ1) is 13.8. The molecule has 1 fully saturated rings. The number of carbonyl (C=O) groups excluding carboxylic acids is 1. The van der Waals surface area contributed by atoms with E-state index in [0.29, 0.717) is 25.9 Å². The molecule has 0 unspecified atom stereocenters. The first-order chi connectivity index (χ1) is 10.1. The standard InChI is InChI=1S/C16H16FNO3/c17-14-8-13(14)16(21)18-7-6-12-10(4-5-15(19)20)2-1-3-11(12)9-18/h1-5,13-14H,6-9H2,(H,19,20)/b5-4+/t13-,14+/m1/s1. The largest absolute Gasteiger partial charge is 0.478 e. The highest BCUT2D eigenvalue weighted by Crippen LogP contribution is 2.36. The lowest BCUT2D eigenvalue weighted by molar-refractivity contribution is -0.134. The van der Waals surface area contributed by atoms with Crippen LogP contribution in [0.1, 0.15) is 23.1 Å². The Morgan fingerprint density at radius 3 is 2.81 bits per heavy atom. The van der Waals surface area contributed by atoms with Gasteiger partial charge >= 0.3 is 5.97 Å². The number of benzene rings is 1. The highest BCUT2D eigenvalue weighted by atomic mass is 19.1. The minimum absolute atomic E-state index is 0.0976. The molecule has 3 rings (SSSR count). The Hall–Kier alpha value is -2.17. The van der Waals surface area contributed by atoms with E-state index < -0.39 is 18.1 Å². The Labute approximate surface area is 121 Å². The van der Waals surface area contributed by atoms with Crippen molar-refractivity contribution >= 4 is 18.0 Å². The lowest BCUT2D eigenvalue weighted by Crippen LogP contribution is -2.37. The van der Waals surface area contributed by atoms with Gasteiger partial charge in [-0.05, 0) is 35.6 Å². The number of carbonyl (C=O) groups is 2. The summed E-state index contributed by atoms with van der Waals surface area (Å²) in [4.78, 5) is 24.4. The molecular weight excluding hydrogens is 273 g/mol. The first-order valence-corrected chi connectivity index (χ1v) is 7.01. The van der Waals surface area contributed by atoms with Crippen LogP contribution in [-0.4, -0.2) is 34.6 Å². The molecule has 0 saturated heterocycles. The molecule has 0 bridgehead atoms. The van der Waals surface area contributed by atoms with Gasteiger partial charge < -0.3 is 10.0 Å². The maximum atomic E-state index is 13.0. The van der Waals surface area contributed by atoms with Gasteiger partial charge in [-0.25, -0.2) is 9.18 Å². The average Bonchev–Trinajstić information content (AvgIpc) is 3.20. The minimum atomic E-state index is -0.983. The van der Waals surface area contributed by atoms with E-state index in [-0.39, 0.29) is 5.91 Å².